The Morgan fingerprint density at radius 1 is 0.952 bits per heavy atom. The van der Waals surface area contributed by atoms with Crippen molar-refractivity contribution in [1.29, 1.82) is 0 Å². The van der Waals surface area contributed by atoms with Gasteiger partial charge in [0.05, 0.1) is 5.56 Å². The van der Waals surface area contributed by atoms with Crippen molar-refractivity contribution in [2.75, 3.05) is 6.54 Å². The molecule has 0 aliphatic carbocycles. The molecule has 0 saturated heterocycles. The molecule has 2 aromatic carbocycles. The molecule has 0 amide bonds. The van der Waals surface area contributed by atoms with E-state index in [0.29, 0.717) is 11.1 Å². The second-order valence-corrected chi connectivity index (χ2v) is 4.67. The third-order valence-electron chi connectivity index (χ3n) is 3.14. The molecule has 0 aliphatic rings. The largest absolute Gasteiger partial charge is 0.419 e. The Morgan fingerprint density at radius 2 is 1.57 bits per heavy atom. The fraction of sp³-hybridized carbons (Fsp3) is 0.250. The molecule has 1 N–H and O–H groups in total. The molecule has 1 nitrogen and oxygen atoms in total. The molecular formula is C16H15F4N. The lowest BCUT2D eigenvalue weighted by Crippen LogP contribution is -2.11. The smallest absolute Gasteiger partial charge is 0.313 e. The van der Waals surface area contributed by atoms with Crippen molar-refractivity contribution >= 4 is 0 Å². The zero-order valence-corrected chi connectivity index (χ0v) is 11.5. The standard InChI is InChI=1S/C16H15F4N/c1-2-21-10-11-3-5-12(6-4-11)13-7-8-14(15(17)9-13)16(18,19)20/h3-9,21H,2,10H2,1H3. The summed E-state index contributed by atoms with van der Waals surface area (Å²) in [6.07, 6.45) is -4.67. The quantitative estimate of drug-likeness (QED) is 0.812. The molecule has 0 aromatic heterocycles. The molecule has 0 unspecified atom stereocenters. The average molecular weight is 297 g/mol. The predicted octanol–water partition coefficient (Wildman–Crippen LogP) is 4.62. The Labute approximate surface area is 120 Å². The van der Waals surface area contributed by atoms with Crippen molar-refractivity contribution in [3.05, 3.63) is 59.4 Å². The number of hydrogen-bond acceptors (Lipinski definition) is 1. The zero-order valence-electron chi connectivity index (χ0n) is 11.5. The van der Waals surface area contributed by atoms with Gasteiger partial charge in [0.1, 0.15) is 5.82 Å². The Bertz CT molecular complexity index is 603. The molecule has 2 rings (SSSR count). The zero-order chi connectivity index (χ0) is 15.5. The van der Waals surface area contributed by atoms with E-state index in [4.69, 9.17) is 0 Å². The van der Waals surface area contributed by atoms with E-state index in [1.165, 1.54) is 6.07 Å². The first-order chi connectivity index (χ1) is 9.91. The van der Waals surface area contributed by atoms with E-state index in [9.17, 15) is 17.6 Å². The van der Waals surface area contributed by atoms with Crippen LogP contribution in [0.15, 0.2) is 42.5 Å². The molecule has 0 atom stereocenters. The van der Waals surface area contributed by atoms with Crippen LogP contribution < -0.4 is 5.32 Å². The van der Waals surface area contributed by atoms with Crippen LogP contribution in [0.2, 0.25) is 0 Å². The SMILES string of the molecule is CCNCc1ccc(-c2ccc(C(F)(F)F)c(F)c2)cc1. The Kier molecular flexibility index (Phi) is 4.63. The van der Waals surface area contributed by atoms with Crippen LogP contribution in [-0.2, 0) is 12.7 Å². The van der Waals surface area contributed by atoms with Gasteiger partial charge in [0.2, 0.25) is 0 Å². The van der Waals surface area contributed by atoms with Crippen molar-refractivity contribution in [2.45, 2.75) is 19.6 Å². The van der Waals surface area contributed by atoms with Crippen molar-refractivity contribution in [3.63, 3.8) is 0 Å². The third-order valence-corrected chi connectivity index (χ3v) is 3.14. The highest BCUT2D eigenvalue weighted by molar-refractivity contribution is 5.64. The van der Waals surface area contributed by atoms with Gasteiger partial charge in [0, 0.05) is 6.54 Å². The summed E-state index contributed by atoms with van der Waals surface area (Å²) in [5.74, 6) is -1.25. The first-order valence-electron chi connectivity index (χ1n) is 6.58. The summed E-state index contributed by atoms with van der Waals surface area (Å²) >= 11 is 0. The van der Waals surface area contributed by atoms with E-state index in [1.54, 1.807) is 12.1 Å². The normalized spacial score (nSPS) is 11.7. The number of hydrogen-bond donors (Lipinski definition) is 1. The molecule has 2 aromatic rings. The molecule has 0 bridgehead atoms. The third kappa shape index (κ3) is 3.82. The monoisotopic (exact) mass is 297 g/mol. The fourth-order valence-corrected chi connectivity index (χ4v) is 2.01. The summed E-state index contributed by atoms with van der Waals surface area (Å²) < 4.78 is 51.1. The van der Waals surface area contributed by atoms with E-state index in [0.717, 1.165) is 30.8 Å². The summed E-state index contributed by atoms with van der Waals surface area (Å²) in [6, 6.07) is 10.3. The first kappa shape index (κ1) is 15.5. The topological polar surface area (TPSA) is 12.0 Å². The number of rotatable bonds is 4. The lowest BCUT2D eigenvalue weighted by atomic mass is 10.0. The van der Waals surface area contributed by atoms with Gasteiger partial charge in [-0.05, 0) is 35.4 Å². The van der Waals surface area contributed by atoms with Crippen LogP contribution in [0.3, 0.4) is 0 Å². The molecule has 0 fully saturated rings. The van der Waals surface area contributed by atoms with Gasteiger partial charge in [0.15, 0.2) is 0 Å². The van der Waals surface area contributed by atoms with Gasteiger partial charge in [-0.15, -0.1) is 0 Å². The van der Waals surface area contributed by atoms with E-state index >= 15 is 0 Å². The molecule has 0 heterocycles. The van der Waals surface area contributed by atoms with Crippen molar-refractivity contribution < 1.29 is 17.6 Å². The predicted molar refractivity (Wildman–Crippen MR) is 74.2 cm³/mol. The minimum absolute atomic E-state index is 0.426. The maximum atomic E-state index is 13.5. The maximum absolute atomic E-state index is 13.5. The van der Waals surface area contributed by atoms with E-state index < -0.39 is 17.6 Å². The maximum Gasteiger partial charge on any atom is 0.419 e. The molecule has 112 valence electrons. The van der Waals surface area contributed by atoms with Gasteiger partial charge in [-0.1, -0.05) is 37.3 Å². The average Bonchev–Trinajstić information content (AvgIpc) is 2.44. The molecule has 21 heavy (non-hydrogen) atoms. The van der Waals surface area contributed by atoms with Crippen LogP contribution in [0.25, 0.3) is 11.1 Å². The van der Waals surface area contributed by atoms with Gasteiger partial charge in [-0.2, -0.15) is 13.2 Å². The van der Waals surface area contributed by atoms with Gasteiger partial charge in [-0.3, -0.25) is 0 Å². The fourth-order valence-electron chi connectivity index (χ4n) is 2.01. The van der Waals surface area contributed by atoms with Crippen LogP contribution in [-0.4, -0.2) is 6.54 Å². The number of benzene rings is 2. The highest BCUT2D eigenvalue weighted by Gasteiger charge is 2.33. The summed E-state index contributed by atoms with van der Waals surface area (Å²) in [7, 11) is 0. The minimum atomic E-state index is -4.67. The van der Waals surface area contributed by atoms with E-state index in [-0.39, 0.29) is 0 Å². The summed E-state index contributed by atoms with van der Waals surface area (Å²) in [6.45, 7) is 3.57. The molecule has 0 radical (unpaired) electrons. The highest BCUT2D eigenvalue weighted by atomic mass is 19.4. The molecule has 0 spiro atoms. The second kappa shape index (κ2) is 6.26. The summed E-state index contributed by atoms with van der Waals surface area (Å²) in [5, 5.41) is 3.17. The first-order valence-corrected chi connectivity index (χ1v) is 6.58. The van der Waals surface area contributed by atoms with Crippen molar-refractivity contribution in [2.24, 2.45) is 0 Å². The molecule has 0 saturated carbocycles. The number of alkyl halides is 3. The molecular weight excluding hydrogens is 282 g/mol. The number of halogens is 4. The van der Waals surface area contributed by atoms with E-state index in [2.05, 4.69) is 5.32 Å². The number of nitrogens with one attached hydrogen (secondary N) is 1. The molecule has 5 heteroatoms. The van der Waals surface area contributed by atoms with Crippen molar-refractivity contribution in [3.8, 4) is 11.1 Å². The summed E-state index contributed by atoms with van der Waals surface area (Å²) in [5.41, 5.74) is 0.932. The minimum Gasteiger partial charge on any atom is -0.313 e. The van der Waals surface area contributed by atoms with Gasteiger partial charge >= 0.3 is 6.18 Å². The van der Waals surface area contributed by atoms with Gasteiger partial charge in [-0.25, -0.2) is 4.39 Å². The van der Waals surface area contributed by atoms with Crippen LogP contribution in [0.4, 0.5) is 17.6 Å². The van der Waals surface area contributed by atoms with Crippen molar-refractivity contribution in [1.82, 2.24) is 5.32 Å². The Morgan fingerprint density at radius 3 is 2.10 bits per heavy atom. The lowest BCUT2D eigenvalue weighted by molar-refractivity contribution is -0.139. The van der Waals surface area contributed by atoms with Gasteiger partial charge < -0.3 is 5.32 Å². The van der Waals surface area contributed by atoms with Crippen LogP contribution in [0, 0.1) is 5.82 Å². The highest BCUT2D eigenvalue weighted by Crippen LogP contribution is 2.33. The van der Waals surface area contributed by atoms with Gasteiger partial charge in [0.25, 0.3) is 0 Å². The second-order valence-electron chi connectivity index (χ2n) is 4.67. The molecule has 0 aliphatic heterocycles. The lowest BCUT2D eigenvalue weighted by Gasteiger charge is -2.10. The van der Waals surface area contributed by atoms with Crippen LogP contribution >= 0.6 is 0 Å². The van der Waals surface area contributed by atoms with Crippen LogP contribution in [0.5, 0.6) is 0 Å². The Hall–Kier alpha value is -1.88. The Balaban J connectivity index is 2.24. The van der Waals surface area contributed by atoms with Crippen LogP contribution in [0.1, 0.15) is 18.1 Å². The van der Waals surface area contributed by atoms with E-state index in [1.807, 2.05) is 19.1 Å². The summed E-state index contributed by atoms with van der Waals surface area (Å²) in [4.78, 5) is 0.